The zero-order valence-corrected chi connectivity index (χ0v) is 19.6. The lowest BCUT2D eigenvalue weighted by atomic mass is 10.1. The molecule has 2 N–H and O–H groups in total. The molecule has 0 spiro atoms. The van der Waals surface area contributed by atoms with Gasteiger partial charge in [0.1, 0.15) is 28.8 Å². The van der Waals surface area contributed by atoms with E-state index >= 15 is 0 Å². The first-order valence-electron chi connectivity index (χ1n) is 10.2. The van der Waals surface area contributed by atoms with E-state index in [1.165, 1.54) is 17.1 Å². The van der Waals surface area contributed by atoms with E-state index in [0.29, 0.717) is 27.1 Å². The molecule has 0 saturated heterocycles. The third kappa shape index (κ3) is 5.41. The van der Waals surface area contributed by atoms with E-state index in [2.05, 4.69) is 15.7 Å². The van der Waals surface area contributed by atoms with Crippen LogP contribution in [0.5, 0.6) is 5.75 Å². The average Bonchev–Trinajstić information content (AvgIpc) is 3.48. The Bertz CT molecular complexity index is 1320. The summed E-state index contributed by atoms with van der Waals surface area (Å²) in [7, 11) is 1.62. The van der Waals surface area contributed by atoms with Crippen molar-refractivity contribution in [3.8, 4) is 5.75 Å². The van der Waals surface area contributed by atoms with Crippen LogP contribution in [0.4, 0.5) is 5.69 Å². The highest BCUT2D eigenvalue weighted by Crippen LogP contribution is 2.32. The van der Waals surface area contributed by atoms with Crippen molar-refractivity contribution in [3.05, 3.63) is 99.7 Å². The molecule has 0 bridgehead atoms. The van der Waals surface area contributed by atoms with Gasteiger partial charge in [0.15, 0.2) is 0 Å². The molecule has 0 unspecified atom stereocenters. The van der Waals surface area contributed by atoms with Gasteiger partial charge < -0.3 is 19.8 Å². The Morgan fingerprint density at radius 1 is 1.09 bits per heavy atom. The van der Waals surface area contributed by atoms with Gasteiger partial charge in [-0.1, -0.05) is 41.4 Å². The van der Waals surface area contributed by atoms with Gasteiger partial charge in [-0.2, -0.15) is 5.10 Å². The summed E-state index contributed by atoms with van der Waals surface area (Å²) in [5, 5.41) is 10.3. The van der Waals surface area contributed by atoms with Crippen LogP contribution in [0.1, 0.15) is 32.2 Å². The van der Waals surface area contributed by atoms with Crippen LogP contribution in [-0.4, -0.2) is 21.6 Å². The number of aromatic nitrogens is 2. The van der Waals surface area contributed by atoms with E-state index in [-0.39, 0.29) is 24.5 Å². The van der Waals surface area contributed by atoms with Gasteiger partial charge in [0.2, 0.25) is 0 Å². The van der Waals surface area contributed by atoms with Crippen LogP contribution in [0.3, 0.4) is 0 Å². The summed E-state index contributed by atoms with van der Waals surface area (Å²) in [5.74, 6) is 0.270. The van der Waals surface area contributed by atoms with Crippen molar-refractivity contribution in [2.45, 2.75) is 13.2 Å². The molecule has 0 aliphatic carbocycles. The summed E-state index contributed by atoms with van der Waals surface area (Å²) in [6, 6.07) is 15.5. The Kier molecular flexibility index (Phi) is 7.20. The van der Waals surface area contributed by atoms with Gasteiger partial charge in [-0.3, -0.25) is 14.3 Å². The topological polar surface area (TPSA) is 98.4 Å². The second-order valence-corrected chi connectivity index (χ2v) is 8.07. The maximum atomic E-state index is 12.9. The number of furan rings is 1. The largest absolute Gasteiger partial charge is 0.487 e. The zero-order chi connectivity index (χ0) is 24.1. The normalized spacial score (nSPS) is 10.7. The van der Waals surface area contributed by atoms with E-state index in [4.69, 9.17) is 32.4 Å². The Morgan fingerprint density at radius 3 is 2.71 bits per heavy atom. The van der Waals surface area contributed by atoms with Gasteiger partial charge in [-0.15, -0.1) is 0 Å². The fraction of sp³-hybridized carbons (Fsp3) is 0.125. The molecule has 2 amide bonds. The van der Waals surface area contributed by atoms with Crippen LogP contribution >= 0.6 is 23.2 Å². The monoisotopic (exact) mass is 498 g/mol. The third-order valence-corrected chi connectivity index (χ3v) is 5.71. The van der Waals surface area contributed by atoms with Gasteiger partial charge in [-0.05, 0) is 42.0 Å². The fourth-order valence-electron chi connectivity index (χ4n) is 3.22. The molecule has 2 aromatic carbocycles. The van der Waals surface area contributed by atoms with Crippen LogP contribution in [0, 0.1) is 0 Å². The number of benzene rings is 2. The number of aryl methyl sites for hydroxylation is 1. The van der Waals surface area contributed by atoms with E-state index in [1.807, 2.05) is 6.07 Å². The number of amides is 2. The molecule has 34 heavy (non-hydrogen) atoms. The number of hydrogen-bond donors (Lipinski definition) is 2. The minimum Gasteiger partial charge on any atom is -0.487 e. The van der Waals surface area contributed by atoms with Crippen molar-refractivity contribution >= 4 is 40.7 Å². The molecule has 0 aliphatic heterocycles. The Labute approximate surface area is 205 Å². The van der Waals surface area contributed by atoms with Gasteiger partial charge >= 0.3 is 0 Å². The summed E-state index contributed by atoms with van der Waals surface area (Å²) in [4.78, 5) is 25.6. The Morgan fingerprint density at radius 2 is 1.91 bits per heavy atom. The van der Waals surface area contributed by atoms with E-state index in [0.717, 1.165) is 5.56 Å². The molecule has 2 heterocycles. The number of anilines is 1. The predicted octanol–water partition coefficient (Wildman–Crippen LogP) is 5.08. The number of ether oxygens (including phenoxy) is 1. The summed E-state index contributed by atoms with van der Waals surface area (Å²) in [6.07, 6.45) is 2.95. The molecule has 0 saturated carbocycles. The quantitative estimate of drug-likeness (QED) is 0.352. The highest BCUT2D eigenvalue weighted by molar-refractivity contribution is 6.42. The van der Waals surface area contributed by atoms with Crippen molar-refractivity contribution < 1.29 is 18.7 Å². The minimum absolute atomic E-state index is 0.189. The van der Waals surface area contributed by atoms with Crippen molar-refractivity contribution in [1.29, 1.82) is 0 Å². The second-order valence-electron chi connectivity index (χ2n) is 7.29. The Hall–Kier alpha value is -3.75. The smallest absolute Gasteiger partial charge is 0.272 e. The molecule has 4 rings (SSSR count). The second kappa shape index (κ2) is 10.5. The summed E-state index contributed by atoms with van der Waals surface area (Å²) >= 11 is 12.2. The van der Waals surface area contributed by atoms with Crippen LogP contribution < -0.4 is 15.4 Å². The SMILES string of the molecule is Cn1ncc(NC(=O)c2cccc(COc3cccc(Cl)c3Cl)c2)c1C(=O)NCc1ccco1. The van der Waals surface area contributed by atoms with Crippen molar-refractivity contribution in [2.75, 3.05) is 5.32 Å². The number of carbonyl (C=O) groups is 2. The van der Waals surface area contributed by atoms with E-state index in [9.17, 15) is 9.59 Å². The maximum absolute atomic E-state index is 12.9. The number of nitrogens with zero attached hydrogens (tertiary/aromatic N) is 2. The number of carbonyl (C=O) groups excluding carboxylic acids is 2. The first kappa shape index (κ1) is 23.4. The molecule has 0 atom stereocenters. The molecule has 0 fully saturated rings. The lowest BCUT2D eigenvalue weighted by molar-refractivity contribution is 0.0939. The van der Waals surface area contributed by atoms with Gasteiger partial charge in [0.25, 0.3) is 11.8 Å². The van der Waals surface area contributed by atoms with Crippen molar-refractivity contribution in [3.63, 3.8) is 0 Å². The highest BCUT2D eigenvalue weighted by atomic mass is 35.5. The fourth-order valence-corrected chi connectivity index (χ4v) is 3.56. The van der Waals surface area contributed by atoms with Crippen LogP contribution in [0.15, 0.2) is 71.5 Å². The molecule has 0 aliphatic rings. The molecule has 4 aromatic rings. The number of hydrogen-bond acceptors (Lipinski definition) is 5. The van der Waals surface area contributed by atoms with Crippen molar-refractivity contribution in [2.24, 2.45) is 7.05 Å². The molecule has 174 valence electrons. The molecule has 10 heteroatoms. The van der Waals surface area contributed by atoms with Crippen LogP contribution in [0.25, 0.3) is 0 Å². The van der Waals surface area contributed by atoms with Gasteiger partial charge in [-0.25, -0.2) is 0 Å². The average molecular weight is 499 g/mol. The van der Waals surface area contributed by atoms with Crippen molar-refractivity contribution in [1.82, 2.24) is 15.1 Å². The zero-order valence-electron chi connectivity index (χ0n) is 18.0. The first-order chi connectivity index (χ1) is 16.4. The number of rotatable bonds is 8. The molecular formula is C24H20Cl2N4O4. The van der Waals surface area contributed by atoms with E-state index in [1.54, 1.807) is 55.6 Å². The lowest BCUT2D eigenvalue weighted by Crippen LogP contribution is -2.26. The standard InChI is InChI=1S/C24H20Cl2N4O4/c1-30-22(24(32)27-12-17-7-4-10-33-17)19(13-28-30)29-23(31)16-6-2-5-15(11-16)14-34-20-9-3-8-18(25)21(20)26/h2-11,13H,12,14H2,1H3,(H,27,32)(H,29,31). The van der Waals surface area contributed by atoms with E-state index < -0.39 is 11.8 Å². The predicted molar refractivity (Wildman–Crippen MR) is 128 cm³/mol. The molecule has 2 aromatic heterocycles. The number of halogens is 2. The van der Waals surface area contributed by atoms with Gasteiger partial charge in [0.05, 0.1) is 29.7 Å². The lowest BCUT2D eigenvalue weighted by Gasteiger charge is -2.11. The maximum Gasteiger partial charge on any atom is 0.272 e. The van der Waals surface area contributed by atoms with Gasteiger partial charge in [0, 0.05) is 12.6 Å². The molecule has 8 nitrogen and oxygen atoms in total. The summed E-state index contributed by atoms with van der Waals surface area (Å²) < 4.78 is 12.4. The number of nitrogens with one attached hydrogen (secondary N) is 2. The highest BCUT2D eigenvalue weighted by Gasteiger charge is 2.19. The van der Waals surface area contributed by atoms with Crippen LogP contribution in [0.2, 0.25) is 10.0 Å². The minimum atomic E-state index is -0.396. The first-order valence-corrected chi connectivity index (χ1v) is 11.0. The third-order valence-electron chi connectivity index (χ3n) is 4.90. The van der Waals surface area contributed by atoms with Crippen LogP contribution in [-0.2, 0) is 20.2 Å². The molecule has 0 radical (unpaired) electrons. The molecular weight excluding hydrogens is 479 g/mol. The summed E-state index contributed by atoms with van der Waals surface area (Å²) in [5.41, 5.74) is 1.65. The Balaban J connectivity index is 1.43. The summed E-state index contributed by atoms with van der Waals surface area (Å²) in [6.45, 7) is 0.400.